The number of imidazole rings is 1. The van der Waals surface area contributed by atoms with Gasteiger partial charge in [0.25, 0.3) is 0 Å². The SMILES string of the molecule is Cc1ccc2c(c1)nc(CCl)n2-c1c(Br)cccc1Br. The summed E-state index contributed by atoms with van der Waals surface area (Å²) in [6.45, 7) is 2.06. The van der Waals surface area contributed by atoms with Crippen molar-refractivity contribution in [3.05, 3.63) is 56.7 Å². The molecule has 0 aliphatic rings. The molecule has 0 saturated carbocycles. The Balaban J connectivity index is 2.40. The van der Waals surface area contributed by atoms with E-state index in [1.54, 1.807) is 0 Å². The second-order valence-corrected chi connectivity index (χ2v) is 6.54. The highest BCUT2D eigenvalue weighted by molar-refractivity contribution is 9.11. The van der Waals surface area contributed by atoms with E-state index < -0.39 is 0 Å². The molecule has 3 rings (SSSR count). The molecule has 0 aliphatic carbocycles. The van der Waals surface area contributed by atoms with Crippen LogP contribution in [0.5, 0.6) is 0 Å². The number of halogens is 3. The Kier molecular flexibility index (Phi) is 3.89. The first-order valence-electron chi connectivity index (χ1n) is 6.10. The molecule has 0 aliphatic heterocycles. The van der Waals surface area contributed by atoms with Crippen molar-refractivity contribution in [3.8, 4) is 5.69 Å². The van der Waals surface area contributed by atoms with Gasteiger partial charge in [0, 0.05) is 8.95 Å². The maximum atomic E-state index is 6.08. The van der Waals surface area contributed by atoms with Gasteiger partial charge in [-0.3, -0.25) is 4.57 Å². The lowest BCUT2D eigenvalue weighted by atomic mass is 10.2. The number of alkyl halides is 1. The number of benzene rings is 2. The number of aryl methyl sites for hydroxylation is 1. The van der Waals surface area contributed by atoms with Crippen LogP contribution < -0.4 is 0 Å². The fourth-order valence-corrected chi connectivity index (χ4v) is 3.81. The lowest BCUT2D eigenvalue weighted by Gasteiger charge is -2.12. The zero-order valence-electron chi connectivity index (χ0n) is 10.7. The summed E-state index contributed by atoms with van der Waals surface area (Å²) in [6, 6.07) is 12.3. The summed E-state index contributed by atoms with van der Waals surface area (Å²) >= 11 is 13.3. The summed E-state index contributed by atoms with van der Waals surface area (Å²) in [5.74, 6) is 1.20. The summed E-state index contributed by atoms with van der Waals surface area (Å²) in [5, 5.41) is 0. The number of hydrogen-bond donors (Lipinski definition) is 0. The van der Waals surface area contributed by atoms with E-state index in [0.29, 0.717) is 5.88 Å². The number of fused-ring (bicyclic) bond motifs is 1. The summed E-state index contributed by atoms with van der Waals surface area (Å²) in [6.07, 6.45) is 0. The summed E-state index contributed by atoms with van der Waals surface area (Å²) in [4.78, 5) is 4.64. The van der Waals surface area contributed by atoms with Crippen molar-refractivity contribution in [2.75, 3.05) is 0 Å². The quantitative estimate of drug-likeness (QED) is 0.499. The maximum Gasteiger partial charge on any atom is 0.129 e. The highest BCUT2D eigenvalue weighted by Crippen LogP contribution is 2.33. The van der Waals surface area contributed by atoms with E-state index >= 15 is 0 Å². The molecule has 0 spiro atoms. The molecule has 102 valence electrons. The van der Waals surface area contributed by atoms with Crippen LogP contribution in [0, 0.1) is 6.92 Å². The molecule has 0 fully saturated rings. The van der Waals surface area contributed by atoms with Crippen LogP contribution in [-0.2, 0) is 5.88 Å². The van der Waals surface area contributed by atoms with E-state index in [0.717, 1.165) is 31.5 Å². The highest BCUT2D eigenvalue weighted by Gasteiger charge is 2.16. The first kappa shape index (κ1) is 14.1. The second-order valence-electron chi connectivity index (χ2n) is 4.56. The monoisotopic (exact) mass is 412 g/mol. The Morgan fingerprint density at radius 3 is 2.50 bits per heavy atom. The Hall–Kier alpha value is -0.840. The van der Waals surface area contributed by atoms with Gasteiger partial charge in [0.2, 0.25) is 0 Å². The van der Waals surface area contributed by atoms with Gasteiger partial charge in [0.05, 0.1) is 22.6 Å². The first-order valence-corrected chi connectivity index (χ1v) is 8.22. The summed E-state index contributed by atoms with van der Waals surface area (Å²) in [7, 11) is 0. The minimum absolute atomic E-state index is 0.363. The third kappa shape index (κ3) is 2.30. The standard InChI is InChI=1S/C15H11Br2ClN2/c1-9-5-6-13-12(7-9)19-14(8-18)20(13)15-10(16)3-2-4-11(15)17/h2-7H,8H2,1H3. The van der Waals surface area contributed by atoms with Crippen molar-refractivity contribution >= 4 is 54.5 Å². The minimum atomic E-state index is 0.363. The molecule has 0 N–H and O–H groups in total. The third-order valence-electron chi connectivity index (χ3n) is 3.16. The van der Waals surface area contributed by atoms with Crippen LogP contribution in [0.15, 0.2) is 45.3 Å². The van der Waals surface area contributed by atoms with Gasteiger partial charge in [-0.15, -0.1) is 11.6 Å². The molecule has 2 nitrogen and oxygen atoms in total. The van der Waals surface area contributed by atoms with Crippen LogP contribution in [0.3, 0.4) is 0 Å². The van der Waals surface area contributed by atoms with Crippen LogP contribution in [0.2, 0.25) is 0 Å². The molecular weight excluding hydrogens is 403 g/mol. The van der Waals surface area contributed by atoms with E-state index in [9.17, 15) is 0 Å². The average Bonchev–Trinajstić information content (AvgIpc) is 2.76. The molecule has 20 heavy (non-hydrogen) atoms. The molecule has 0 radical (unpaired) electrons. The zero-order valence-corrected chi connectivity index (χ0v) is 14.6. The molecule has 1 heterocycles. The van der Waals surface area contributed by atoms with Crippen LogP contribution in [-0.4, -0.2) is 9.55 Å². The van der Waals surface area contributed by atoms with E-state index in [1.807, 2.05) is 18.2 Å². The van der Waals surface area contributed by atoms with E-state index in [2.05, 4.69) is 66.5 Å². The highest BCUT2D eigenvalue weighted by atomic mass is 79.9. The van der Waals surface area contributed by atoms with Crippen LogP contribution in [0.1, 0.15) is 11.4 Å². The van der Waals surface area contributed by atoms with E-state index in [-0.39, 0.29) is 0 Å². The van der Waals surface area contributed by atoms with Crippen molar-refractivity contribution in [1.29, 1.82) is 0 Å². The molecular formula is C15H11Br2ClN2. The van der Waals surface area contributed by atoms with Crippen molar-refractivity contribution in [2.24, 2.45) is 0 Å². The van der Waals surface area contributed by atoms with Crippen molar-refractivity contribution < 1.29 is 0 Å². The fourth-order valence-electron chi connectivity index (χ4n) is 2.28. The largest absolute Gasteiger partial charge is 0.293 e. The molecule has 0 atom stereocenters. The van der Waals surface area contributed by atoms with Gasteiger partial charge >= 0.3 is 0 Å². The van der Waals surface area contributed by atoms with Gasteiger partial charge in [-0.2, -0.15) is 0 Å². The van der Waals surface area contributed by atoms with Crippen molar-refractivity contribution in [3.63, 3.8) is 0 Å². The Morgan fingerprint density at radius 1 is 1.15 bits per heavy atom. The van der Waals surface area contributed by atoms with Gasteiger partial charge in [-0.25, -0.2) is 4.98 Å². The predicted octanol–water partition coefficient (Wildman–Crippen LogP) is 5.60. The topological polar surface area (TPSA) is 17.8 Å². The Labute approximate surface area is 139 Å². The smallest absolute Gasteiger partial charge is 0.129 e. The first-order chi connectivity index (χ1) is 9.61. The van der Waals surface area contributed by atoms with Gasteiger partial charge < -0.3 is 0 Å². The molecule has 0 amide bonds. The minimum Gasteiger partial charge on any atom is -0.293 e. The van der Waals surface area contributed by atoms with E-state index in [4.69, 9.17) is 11.6 Å². The molecule has 0 saturated heterocycles. The van der Waals surface area contributed by atoms with Crippen LogP contribution in [0.4, 0.5) is 0 Å². The van der Waals surface area contributed by atoms with Gasteiger partial charge in [-0.1, -0.05) is 12.1 Å². The Bertz CT molecular complexity index is 776. The number of para-hydroxylation sites is 1. The van der Waals surface area contributed by atoms with Crippen LogP contribution >= 0.6 is 43.5 Å². The molecule has 1 aromatic heterocycles. The number of nitrogens with zero attached hydrogens (tertiary/aromatic N) is 2. The van der Waals surface area contributed by atoms with E-state index in [1.165, 1.54) is 5.56 Å². The van der Waals surface area contributed by atoms with Crippen LogP contribution in [0.25, 0.3) is 16.7 Å². The molecule has 5 heteroatoms. The number of aromatic nitrogens is 2. The Morgan fingerprint density at radius 2 is 1.85 bits per heavy atom. The molecule has 3 aromatic rings. The third-order valence-corrected chi connectivity index (χ3v) is 4.68. The maximum absolute atomic E-state index is 6.08. The predicted molar refractivity (Wildman–Crippen MR) is 90.8 cm³/mol. The van der Waals surface area contributed by atoms with Crippen molar-refractivity contribution in [1.82, 2.24) is 9.55 Å². The molecule has 0 unspecified atom stereocenters. The van der Waals surface area contributed by atoms with Gasteiger partial charge in [-0.05, 0) is 68.6 Å². The lowest BCUT2D eigenvalue weighted by molar-refractivity contribution is 0.972. The molecule has 0 bridgehead atoms. The van der Waals surface area contributed by atoms with Gasteiger partial charge in [0.15, 0.2) is 0 Å². The summed E-state index contributed by atoms with van der Waals surface area (Å²) < 4.78 is 4.09. The fraction of sp³-hybridized carbons (Fsp3) is 0.133. The lowest BCUT2D eigenvalue weighted by Crippen LogP contribution is -2.01. The normalized spacial score (nSPS) is 11.2. The summed E-state index contributed by atoms with van der Waals surface area (Å²) in [5.41, 5.74) is 4.23. The number of hydrogen-bond acceptors (Lipinski definition) is 1. The molecule has 2 aromatic carbocycles. The number of rotatable bonds is 2. The van der Waals surface area contributed by atoms with Crippen molar-refractivity contribution in [2.45, 2.75) is 12.8 Å². The average molecular weight is 415 g/mol. The van der Waals surface area contributed by atoms with Gasteiger partial charge in [0.1, 0.15) is 5.82 Å². The zero-order chi connectivity index (χ0) is 14.3. The second kappa shape index (κ2) is 5.51.